The summed E-state index contributed by atoms with van der Waals surface area (Å²) < 4.78 is 38.3. The standard InChI is InChI=1S/C16H14F3N5O6/c17-16(18,19)10-8-12(22(27)28)15(13(9-10)23(29)30)24(20,7-6-14(25)21-26)11-4-2-1-3-5-11/h1-5,8-9H,6-7,20H2,(H-,21,25,26)/p+1. The van der Waals surface area contributed by atoms with Crippen molar-refractivity contribution in [3.63, 3.8) is 0 Å². The number of rotatable bonds is 7. The Morgan fingerprint density at radius 1 is 1.10 bits per heavy atom. The van der Waals surface area contributed by atoms with Gasteiger partial charge < -0.3 is 0 Å². The summed E-state index contributed by atoms with van der Waals surface area (Å²) >= 11 is 0. The topological polar surface area (TPSA) is 162 Å². The van der Waals surface area contributed by atoms with Gasteiger partial charge in [0.15, 0.2) is 5.69 Å². The monoisotopic (exact) mass is 430 g/mol. The molecule has 14 heteroatoms. The lowest BCUT2D eigenvalue weighted by molar-refractivity contribution is -0.394. The Bertz CT molecular complexity index is 950. The molecule has 1 atom stereocenters. The average Bonchev–Trinajstić information content (AvgIpc) is 2.70. The predicted molar refractivity (Wildman–Crippen MR) is 96.2 cm³/mol. The molecule has 1 amide bonds. The molecule has 2 aromatic rings. The van der Waals surface area contributed by atoms with Crippen LogP contribution in [0.5, 0.6) is 0 Å². The van der Waals surface area contributed by atoms with Crippen molar-refractivity contribution in [2.75, 3.05) is 6.54 Å². The van der Waals surface area contributed by atoms with Gasteiger partial charge in [0.25, 0.3) is 0 Å². The van der Waals surface area contributed by atoms with Gasteiger partial charge in [-0.3, -0.25) is 30.2 Å². The van der Waals surface area contributed by atoms with Crippen molar-refractivity contribution in [2.45, 2.75) is 12.6 Å². The summed E-state index contributed by atoms with van der Waals surface area (Å²) in [7, 11) is 0. The van der Waals surface area contributed by atoms with E-state index in [4.69, 9.17) is 11.0 Å². The number of halogens is 3. The fourth-order valence-corrected chi connectivity index (χ4v) is 2.85. The minimum atomic E-state index is -5.10. The number of hydrogen-bond donors (Lipinski definition) is 3. The molecule has 0 spiro atoms. The van der Waals surface area contributed by atoms with Gasteiger partial charge in [0.05, 0.1) is 21.8 Å². The number of hydrogen-bond acceptors (Lipinski definition) is 7. The van der Waals surface area contributed by atoms with E-state index < -0.39 is 62.1 Å². The molecule has 11 nitrogen and oxygen atoms in total. The lowest BCUT2D eigenvalue weighted by Crippen LogP contribution is -2.53. The van der Waals surface area contributed by atoms with E-state index in [0.717, 1.165) is 0 Å². The van der Waals surface area contributed by atoms with E-state index in [2.05, 4.69) is 0 Å². The van der Waals surface area contributed by atoms with Crippen LogP contribution in [0, 0.1) is 20.2 Å². The highest BCUT2D eigenvalue weighted by Gasteiger charge is 2.47. The minimum Gasteiger partial charge on any atom is -0.289 e. The number of nitro benzene ring substituents is 2. The third-order valence-electron chi connectivity index (χ3n) is 4.22. The molecular weight excluding hydrogens is 415 g/mol. The number of nitro groups is 2. The van der Waals surface area contributed by atoms with Crippen molar-refractivity contribution in [2.24, 2.45) is 5.84 Å². The number of quaternary nitrogens is 1. The molecule has 2 aromatic carbocycles. The van der Waals surface area contributed by atoms with E-state index >= 15 is 0 Å². The molecule has 0 heterocycles. The van der Waals surface area contributed by atoms with Crippen LogP contribution in [0.1, 0.15) is 12.0 Å². The Morgan fingerprint density at radius 2 is 1.60 bits per heavy atom. The maximum atomic E-state index is 13.2. The number of nitrogens with two attached hydrogens (primary N) is 1. The number of alkyl halides is 3. The smallest absolute Gasteiger partial charge is 0.289 e. The number of benzene rings is 2. The zero-order chi connectivity index (χ0) is 22.7. The third-order valence-corrected chi connectivity index (χ3v) is 4.22. The number of hydroxylamine groups is 1. The first-order valence-corrected chi connectivity index (χ1v) is 8.11. The molecule has 0 aliphatic rings. The first-order chi connectivity index (χ1) is 13.9. The molecular formula is C16H15F3N5O6+. The van der Waals surface area contributed by atoms with Crippen LogP contribution in [0.2, 0.25) is 0 Å². The fraction of sp³-hybridized carbons (Fsp3) is 0.188. The van der Waals surface area contributed by atoms with Crippen LogP contribution >= 0.6 is 0 Å². The highest BCUT2D eigenvalue weighted by molar-refractivity contribution is 5.80. The maximum Gasteiger partial charge on any atom is 0.416 e. The van der Waals surface area contributed by atoms with E-state index in [-0.39, 0.29) is 17.8 Å². The summed E-state index contributed by atoms with van der Waals surface area (Å²) in [6.45, 7) is -0.552. The zero-order valence-electron chi connectivity index (χ0n) is 15.0. The van der Waals surface area contributed by atoms with Crippen LogP contribution in [0.3, 0.4) is 0 Å². The van der Waals surface area contributed by atoms with Gasteiger partial charge >= 0.3 is 23.2 Å². The molecule has 0 saturated carbocycles. The number of carbonyl (C=O) groups excluding carboxylic acids is 1. The Labute approximate surface area is 165 Å². The highest BCUT2D eigenvalue weighted by atomic mass is 19.4. The van der Waals surface area contributed by atoms with Crippen LogP contribution in [-0.2, 0) is 11.0 Å². The van der Waals surface area contributed by atoms with Gasteiger partial charge in [0, 0.05) is 24.3 Å². The van der Waals surface area contributed by atoms with Gasteiger partial charge in [-0.1, -0.05) is 18.2 Å². The van der Waals surface area contributed by atoms with Gasteiger partial charge in [-0.25, -0.2) is 5.48 Å². The lowest BCUT2D eigenvalue weighted by atomic mass is 10.1. The third kappa shape index (κ3) is 4.51. The van der Waals surface area contributed by atoms with Crippen molar-refractivity contribution < 1.29 is 33.0 Å². The molecule has 1 unspecified atom stereocenters. The summed E-state index contributed by atoms with van der Waals surface area (Å²) in [5.41, 5.74) is -3.59. The Kier molecular flexibility index (Phi) is 6.35. The summed E-state index contributed by atoms with van der Waals surface area (Å²) in [5.74, 6) is 5.30. The van der Waals surface area contributed by atoms with E-state index in [0.29, 0.717) is 0 Å². The van der Waals surface area contributed by atoms with Gasteiger partial charge in [0.2, 0.25) is 5.91 Å². The van der Waals surface area contributed by atoms with E-state index in [9.17, 15) is 38.2 Å². The lowest BCUT2D eigenvalue weighted by Gasteiger charge is -2.30. The Balaban J connectivity index is 2.90. The first kappa shape index (κ1) is 22.7. The molecule has 0 radical (unpaired) electrons. The van der Waals surface area contributed by atoms with Crippen molar-refractivity contribution >= 4 is 28.7 Å². The molecule has 0 bridgehead atoms. The molecule has 0 aromatic heterocycles. The van der Waals surface area contributed by atoms with E-state index in [1.807, 2.05) is 0 Å². The van der Waals surface area contributed by atoms with Crippen LogP contribution in [0.15, 0.2) is 42.5 Å². The SMILES string of the molecule is N[N+](CCC(=O)NO)(c1ccccc1)c1c([N+](=O)[O-])cc(C(F)(F)F)cc1[N+](=O)[O-]. The molecule has 0 aliphatic carbocycles. The minimum absolute atomic E-state index is 0.0224. The summed E-state index contributed by atoms with van der Waals surface area (Å²) in [6.07, 6.45) is -5.65. The van der Waals surface area contributed by atoms with Crippen LogP contribution in [0.25, 0.3) is 0 Å². The van der Waals surface area contributed by atoms with E-state index in [1.54, 1.807) is 6.07 Å². The normalized spacial score (nSPS) is 13.4. The van der Waals surface area contributed by atoms with Crippen molar-refractivity contribution in [1.82, 2.24) is 10.1 Å². The van der Waals surface area contributed by atoms with Gasteiger partial charge in [0.1, 0.15) is 6.54 Å². The van der Waals surface area contributed by atoms with Gasteiger partial charge in [-0.2, -0.15) is 23.6 Å². The summed E-state index contributed by atoms with van der Waals surface area (Å²) in [4.78, 5) is 32.2. The van der Waals surface area contributed by atoms with Crippen molar-refractivity contribution in [3.8, 4) is 0 Å². The number of carbonyl (C=O) groups is 1. The largest absolute Gasteiger partial charge is 0.416 e. The number of para-hydroxylation sites is 1. The second-order valence-electron chi connectivity index (χ2n) is 6.09. The maximum absolute atomic E-state index is 13.2. The van der Waals surface area contributed by atoms with E-state index in [1.165, 1.54) is 29.7 Å². The quantitative estimate of drug-likeness (QED) is 0.200. The molecule has 160 valence electrons. The fourth-order valence-electron chi connectivity index (χ4n) is 2.85. The van der Waals surface area contributed by atoms with Gasteiger partial charge in [-0.15, -0.1) is 0 Å². The number of amides is 1. The number of nitrogens with one attached hydrogen (secondary N) is 1. The summed E-state index contributed by atoms with van der Waals surface area (Å²) in [6, 6.07) is 7.41. The molecule has 0 aliphatic heterocycles. The number of nitrogens with zero attached hydrogens (tertiary/aromatic N) is 3. The molecule has 0 saturated heterocycles. The van der Waals surface area contributed by atoms with Crippen molar-refractivity contribution in [3.05, 3.63) is 68.3 Å². The second kappa shape index (κ2) is 8.40. The Morgan fingerprint density at radius 3 is 2.00 bits per heavy atom. The van der Waals surface area contributed by atoms with Crippen LogP contribution in [0.4, 0.5) is 35.9 Å². The molecule has 2 rings (SSSR count). The van der Waals surface area contributed by atoms with Crippen molar-refractivity contribution in [1.29, 1.82) is 0 Å². The second-order valence-corrected chi connectivity index (χ2v) is 6.09. The van der Waals surface area contributed by atoms with Crippen LogP contribution < -0.4 is 15.9 Å². The zero-order valence-corrected chi connectivity index (χ0v) is 15.0. The Hall–Kier alpha value is -3.62. The highest BCUT2D eigenvalue weighted by Crippen LogP contribution is 2.47. The van der Waals surface area contributed by atoms with Crippen LogP contribution in [-0.4, -0.2) is 27.5 Å². The molecule has 30 heavy (non-hydrogen) atoms. The molecule has 0 fully saturated rings. The predicted octanol–water partition coefficient (Wildman–Crippen LogP) is 2.93. The summed E-state index contributed by atoms with van der Waals surface area (Å²) in [5, 5.41) is 31.9. The first-order valence-electron chi connectivity index (χ1n) is 8.11. The average molecular weight is 430 g/mol. The molecule has 4 N–H and O–H groups in total. The van der Waals surface area contributed by atoms with Gasteiger partial charge in [-0.05, 0) is 0 Å².